The van der Waals surface area contributed by atoms with Crippen molar-refractivity contribution in [3.63, 3.8) is 0 Å². The quantitative estimate of drug-likeness (QED) is 0.648. The molecule has 1 aliphatic rings. The molecular formula is C25H33N5O4. The summed E-state index contributed by atoms with van der Waals surface area (Å²) in [5.74, 6) is -0.734. The van der Waals surface area contributed by atoms with Gasteiger partial charge in [-0.25, -0.2) is 9.78 Å². The molecule has 3 amide bonds. The third kappa shape index (κ3) is 6.52. The number of hydrogen-bond acceptors (Lipinski definition) is 6. The monoisotopic (exact) mass is 467 g/mol. The van der Waals surface area contributed by atoms with Crippen molar-refractivity contribution in [3.8, 4) is 0 Å². The number of ether oxygens (including phenoxy) is 1. The lowest BCUT2D eigenvalue weighted by molar-refractivity contribution is -0.146. The molecule has 0 saturated carbocycles. The Balaban J connectivity index is 1.70. The van der Waals surface area contributed by atoms with Crippen LogP contribution in [-0.2, 0) is 14.3 Å². The van der Waals surface area contributed by atoms with Crippen LogP contribution < -0.4 is 10.6 Å². The highest BCUT2D eigenvalue weighted by atomic mass is 16.6. The van der Waals surface area contributed by atoms with E-state index in [0.717, 1.165) is 24.1 Å². The largest absolute Gasteiger partial charge is 0.444 e. The van der Waals surface area contributed by atoms with Crippen molar-refractivity contribution in [1.29, 1.82) is 0 Å². The molecule has 34 heavy (non-hydrogen) atoms. The number of aryl methyl sites for hydroxylation is 2. The lowest BCUT2D eigenvalue weighted by Crippen LogP contribution is -2.46. The predicted molar refractivity (Wildman–Crippen MR) is 129 cm³/mol. The minimum absolute atomic E-state index is 0.240. The summed E-state index contributed by atoms with van der Waals surface area (Å²) in [4.78, 5) is 48.3. The second kappa shape index (κ2) is 10.2. The molecule has 9 heteroatoms. The lowest BCUT2D eigenvalue weighted by atomic mass is 9.92. The summed E-state index contributed by atoms with van der Waals surface area (Å²) >= 11 is 0. The van der Waals surface area contributed by atoms with E-state index < -0.39 is 23.5 Å². The summed E-state index contributed by atoms with van der Waals surface area (Å²) < 4.78 is 5.24. The van der Waals surface area contributed by atoms with Crippen molar-refractivity contribution in [2.24, 2.45) is 5.92 Å². The van der Waals surface area contributed by atoms with E-state index in [2.05, 4.69) is 27.5 Å². The molecule has 182 valence electrons. The molecule has 1 saturated heterocycles. The van der Waals surface area contributed by atoms with Crippen molar-refractivity contribution in [2.45, 2.75) is 66.0 Å². The maximum Gasteiger partial charge on any atom is 0.413 e. The van der Waals surface area contributed by atoms with Gasteiger partial charge in [0.15, 0.2) is 0 Å². The zero-order chi connectivity index (χ0) is 25.0. The van der Waals surface area contributed by atoms with Crippen LogP contribution in [-0.4, -0.2) is 44.9 Å². The fourth-order valence-electron chi connectivity index (χ4n) is 3.85. The van der Waals surface area contributed by atoms with Crippen LogP contribution in [0.25, 0.3) is 0 Å². The van der Waals surface area contributed by atoms with Crippen molar-refractivity contribution in [3.05, 3.63) is 47.4 Å². The van der Waals surface area contributed by atoms with Gasteiger partial charge in [0.2, 0.25) is 0 Å². The molecule has 1 fully saturated rings. The van der Waals surface area contributed by atoms with E-state index in [4.69, 9.17) is 4.74 Å². The average molecular weight is 468 g/mol. The molecule has 2 aromatic heterocycles. The van der Waals surface area contributed by atoms with Crippen molar-refractivity contribution >= 4 is 29.4 Å². The smallest absolute Gasteiger partial charge is 0.413 e. The van der Waals surface area contributed by atoms with Crippen LogP contribution >= 0.6 is 0 Å². The Labute approximate surface area is 200 Å². The third-order valence-electron chi connectivity index (χ3n) is 5.50. The Morgan fingerprint density at radius 3 is 2.41 bits per heavy atom. The van der Waals surface area contributed by atoms with E-state index >= 15 is 0 Å². The first kappa shape index (κ1) is 25.1. The van der Waals surface area contributed by atoms with Crippen molar-refractivity contribution < 1.29 is 19.1 Å². The molecule has 3 heterocycles. The van der Waals surface area contributed by atoms with Gasteiger partial charge in [-0.05, 0) is 76.6 Å². The number of carbonyl (C=O) groups excluding carboxylic acids is 3. The Kier molecular flexibility index (Phi) is 7.54. The number of amides is 3. The van der Waals surface area contributed by atoms with Gasteiger partial charge < -0.3 is 15.0 Å². The number of carbonyl (C=O) groups is 3. The molecule has 0 aromatic carbocycles. The first-order valence-corrected chi connectivity index (χ1v) is 11.4. The number of piperidine rings is 1. The van der Waals surface area contributed by atoms with E-state index in [1.54, 1.807) is 44.9 Å². The minimum atomic E-state index is -0.736. The highest BCUT2D eigenvalue weighted by Gasteiger charge is 2.35. The lowest BCUT2D eigenvalue weighted by Gasteiger charge is -2.38. The molecule has 3 rings (SSSR count). The molecule has 0 radical (unpaired) electrons. The summed E-state index contributed by atoms with van der Waals surface area (Å²) in [6.07, 6.45) is 4.26. The molecule has 2 atom stereocenters. The number of nitrogens with one attached hydrogen (secondary N) is 2. The van der Waals surface area contributed by atoms with Crippen LogP contribution in [0.5, 0.6) is 0 Å². The highest BCUT2D eigenvalue weighted by molar-refractivity contribution is 6.39. The molecule has 2 N–H and O–H groups in total. The predicted octanol–water partition coefficient (Wildman–Crippen LogP) is 4.38. The highest BCUT2D eigenvalue weighted by Crippen LogP contribution is 2.32. The molecule has 0 unspecified atom stereocenters. The number of likely N-dealkylation sites (tertiary alicyclic amines) is 1. The summed E-state index contributed by atoms with van der Waals surface area (Å²) in [7, 11) is 0. The number of pyridine rings is 2. The molecule has 9 nitrogen and oxygen atoms in total. The van der Waals surface area contributed by atoms with Crippen LogP contribution in [0.4, 0.5) is 16.3 Å². The first-order valence-electron chi connectivity index (χ1n) is 11.4. The Bertz CT molecular complexity index is 1060. The maximum absolute atomic E-state index is 13.1. The molecule has 0 bridgehead atoms. The van der Waals surface area contributed by atoms with Gasteiger partial charge in [-0.1, -0.05) is 13.0 Å². The number of nitrogens with zero attached hydrogens (tertiary/aromatic N) is 3. The second-order valence-corrected chi connectivity index (χ2v) is 9.89. The molecule has 0 aliphatic carbocycles. The zero-order valence-corrected chi connectivity index (χ0v) is 20.6. The van der Waals surface area contributed by atoms with Gasteiger partial charge in [-0.3, -0.25) is 19.9 Å². The number of rotatable bonds is 3. The molecular weight excluding hydrogens is 434 g/mol. The van der Waals surface area contributed by atoms with Gasteiger partial charge in [0.25, 0.3) is 0 Å². The zero-order valence-electron chi connectivity index (χ0n) is 20.6. The number of anilines is 2. The van der Waals surface area contributed by atoms with E-state index in [1.165, 1.54) is 6.20 Å². The third-order valence-corrected chi connectivity index (χ3v) is 5.50. The van der Waals surface area contributed by atoms with Gasteiger partial charge in [0.05, 0.1) is 23.6 Å². The molecule has 0 spiro atoms. The van der Waals surface area contributed by atoms with Crippen LogP contribution in [0, 0.1) is 19.8 Å². The summed E-state index contributed by atoms with van der Waals surface area (Å²) in [5.41, 5.74) is 2.17. The minimum Gasteiger partial charge on any atom is -0.444 e. The average Bonchev–Trinajstić information content (AvgIpc) is 2.74. The van der Waals surface area contributed by atoms with E-state index in [-0.39, 0.29) is 6.04 Å². The Hall–Kier alpha value is -3.49. The van der Waals surface area contributed by atoms with Crippen LogP contribution in [0.1, 0.15) is 63.4 Å². The van der Waals surface area contributed by atoms with Crippen LogP contribution in [0.2, 0.25) is 0 Å². The van der Waals surface area contributed by atoms with Crippen LogP contribution in [0.3, 0.4) is 0 Å². The standard InChI is InChI=1S/C25H33N5O4/c1-15-7-9-19(26-12-15)20-10-8-16(2)14-30(20)23(32)22(31)28-18-11-17(3)21(27-13-18)29-24(33)34-25(4,5)6/h7,9,11-13,16,20H,8,10,14H2,1-6H3,(H,28,31)(H,27,29,33)/t16-,20+/m0/s1. The fraction of sp³-hybridized carbons (Fsp3) is 0.480. The second-order valence-electron chi connectivity index (χ2n) is 9.89. The van der Waals surface area contributed by atoms with Crippen molar-refractivity contribution in [2.75, 3.05) is 17.2 Å². The number of aromatic nitrogens is 2. The molecule has 1 aliphatic heterocycles. The van der Waals surface area contributed by atoms with Crippen LogP contribution in [0.15, 0.2) is 30.6 Å². The summed E-state index contributed by atoms with van der Waals surface area (Å²) in [5, 5.41) is 5.22. The Morgan fingerprint density at radius 1 is 1.06 bits per heavy atom. The summed E-state index contributed by atoms with van der Waals surface area (Å²) in [6.45, 7) is 11.6. The summed E-state index contributed by atoms with van der Waals surface area (Å²) in [6, 6.07) is 5.28. The van der Waals surface area contributed by atoms with E-state index in [1.807, 2.05) is 19.1 Å². The molecule has 2 aromatic rings. The topological polar surface area (TPSA) is 114 Å². The van der Waals surface area contributed by atoms with Gasteiger partial charge in [-0.2, -0.15) is 0 Å². The maximum atomic E-state index is 13.1. The number of hydrogen-bond donors (Lipinski definition) is 2. The normalized spacial score (nSPS) is 18.2. The van der Waals surface area contributed by atoms with Gasteiger partial charge >= 0.3 is 17.9 Å². The van der Waals surface area contributed by atoms with E-state index in [0.29, 0.717) is 29.5 Å². The first-order chi connectivity index (χ1) is 15.9. The van der Waals surface area contributed by atoms with Crippen molar-refractivity contribution in [1.82, 2.24) is 14.9 Å². The SMILES string of the molecule is Cc1ccc([C@H]2CC[C@H](C)CN2C(=O)C(=O)Nc2cnc(NC(=O)OC(C)(C)C)c(C)c2)nc1. The van der Waals surface area contributed by atoms with Gasteiger partial charge in [0.1, 0.15) is 11.4 Å². The van der Waals surface area contributed by atoms with Gasteiger partial charge in [0, 0.05) is 12.7 Å². The fourth-order valence-corrected chi connectivity index (χ4v) is 3.85. The van der Waals surface area contributed by atoms with E-state index in [9.17, 15) is 14.4 Å². The Morgan fingerprint density at radius 2 is 1.79 bits per heavy atom. The van der Waals surface area contributed by atoms with Gasteiger partial charge in [-0.15, -0.1) is 0 Å².